The molecule has 2 rings (SSSR count). The molecule has 0 aliphatic heterocycles. The van der Waals surface area contributed by atoms with Crippen molar-refractivity contribution < 1.29 is 18.0 Å². The lowest BCUT2D eigenvalue weighted by Crippen LogP contribution is -2.12. The van der Waals surface area contributed by atoms with E-state index in [1.807, 2.05) is 0 Å². The maximum atomic E-state index is 13.0. The number of carbonyl (C=O) groups excluding carboxylic acids is 1. The largest absolute Gasteiger partial charge is 0.417 e. The summed E-state index contributed by atoms with van der Waals surface area (Å²) in [7, 11) is 0. The fourth-order valence-corrected chi connectivity index (χ4v) is 2.07. The summed E-state index contributed by atoms with van der Waals surface area (Å²) in [4.78, 5) is 14.3. The highest BCUT2D eigenvalue weighted by molar-refractivity contribution is 6.14. The summed E-state index contributed by atoms with van der Waals surface area (Å²) in [6.07, 6.45) is -2.94. The molecule has 2 N–H and O–H groups in total. The first kappa shape index (κ1) is 16.5. The fraction of sp³-hybridized carbons (Fsp3) is 0.0588. The van der Waals surface area contributed by atoms with Crippen molar-refractivity contribution >= 4 is 17.8 Å². The number of nitrogens with two attached hydrogens (primary N) is 1. The van der Waals surface area contributed by atoms with Gasteiger partial charge in [-0.05, 0) is 12.1 Å². The van der Waals surface area contributed by atoms with E-state index >= 15 is 0 Å². The number of aliphatic imine (C=N–C) groups is 1. The quantitative estimate of drug-likeness (QED) is 0.691. The van der Waals surface area contributed by atoms with Crippen molar-refractivity contribution in [2.45, 2.75) is 6.18 Å². The minimum absolute atomic E-state index is 0.123. The highest BCUT2D eigenvalue weighted by Gasteiger charge is 2.33. The molecule has 0 radical (unpaired) electrons. The van der Waals surface area contributed by atoms with Crippen LogP contribution in [0.5, 0.6) is 0 Å². The second-order valence-corrected chi connectivity index (χ2v) is 4.63. The number of hydrogen-bond donors (Lipinski definition) is 1. The van der Waals surface area contributed by atoms with E-state index in [2.05, 4.69) is 4.99 Å². The van der Waals surface area contributed by atoms with Gasteiger partial charge in [-0.3, -0.25) is 4.79 Å². The van der Waals surface area contributed by atoms with Gasteiger partial charge in [0.25, 0.3) is 0 Å². The number of rotatable bonds is 4. The second kappa shape index (κ2) is 6.91. The molecule has 23 heavy (non-hydrogen) atoms. The summed E-state index contributed by atoms with van der Waals surface area (Å²) in [5.41, 5.74) is 5.47. The maximum Gasteiger partial charge on any atom is 0.417 e. The van der Waals surface area contributed by atoms with Crippen LogP contribution in [0.1, 0.15) is 16.7 Å². The molecular formula is C17H13F3N2O. The Labute approximate surface area is 131 Å². The van der Waals surface area contributed by atoms with E-state index in [0.29, 0.717) is 12.0 Å². The number of allylic oxidation sites excluding steroid dienone is 1. The predicted molar refractivity (Wildman–Crippen MR) is 82.7 cm³/mol. The van der Waals surface area contributed by atoms with Crippen molar-refractivity contribution in [2.24, 2.45) is 10.7 Å². The molecule has 2 aromatic rings. The van der Waals surface area contributed by atoms with Gasteiger partial charge in [-0.25, -0.2) is 4.99 Å². The molecule has 0 heterocycles. The third-order valence-corrected chi connectivity index (χ3v) is 3.10. The van der Waals surface area contributed by atoms with E-state index in [0.717, 1.165) is 6.07 Å². The van der Waals surface area contributed by atoms with E-state index in [9.17, 15) is 18.0 Å². The predicted octanol–water partition coefficient (Wildman–Crippen LogP) is 3.65. The van der Waals surface area contributed by atoms with E-state index in [4.69, 9.17) is 5.73 Å². The standard InChI is InChI=1S/C17H13F3N2O/c18-17(19,20)14-9-5-4-8-13(14)15(21)10-16(22-11-23)12-6-2-1-3-7-12/h1-11H,21H2. The molecule has 1 amide bonds. The molecule has 0 aliphatic carbocycles. The Hall–Kier alpha value is -2.89. The summed E-state index contributed by atoms with van der Waals surface area (Å²) in [6, 6.07) is 13.6. The highest BCUT2D eigenvalue weighted by Crippen LogP contribution is 2.33. The maximum absolute atomic E-state index is 13.0. The molecule has 118 valence electrons. The van der Waals surface area contributed by atoms with Crippen LogP contribution >= 0.6 is 0 Å². The molecule has 0 aliphatic rings. The van der Waals surface area contributed by atoms with Gasteiger partial charge in [0, 0.05) is 16.8 Å². The summed E-state index contributed by atoms with van der Waals surface area (Å²) in [5, 5.41) is 0. The molecule has 6 heteroatoms. The molecule has 0 unspecified atom stereocenters. The minimum Gasteiger partial charge on any atom is -0.398 e. The number of benzene rings is 2. The topological polar surface area (TPSA) is 55.4 Å². The Morgan fingerprint density at radius 1 is 1.00 bits per heavy atom. The lowest BCUT2D eigenvalue weighted by molar-refractivity contribution is -0.137. The molecule has 3 nitrogen and oxygen atoms in total. The molecule has 0 atom stereocenters. The van der Waals surface area contributed by atoms with Crippen LogP contribution in [-0.4, -0.2) is 12.1 Å². The molecular weight excluding hydrogens is 305 g/mol. The molecule has 0 fully saturated rings. The molecule has 0 saturated heterocycles. The van der Waals surface area contributed by atoms with Gasteiger partial charge in [-0.2, -0.15) is 13.2 Å². The van der Waals surface area contributed by atoms with E-state index < -0.39 is 11.7 Å². The first-order valence-electron chi connectivity index (χ1n) is 6.64. The fourth-order valence-electron chi connectivity index (χ4n) is 2.07. The van der Waals surface area contributed by atoms with Crippen LogP contribution in [0.4, 0.5) is 13.2 Å². The Bertz CT molecular complexity index is 750. The van der Waals surface area contributed by atoms with Crippen LogP contribution in [0, 0.1) is 0 Å². The Morgan fingerprint density at radius 3 is 2.22 bits per heavy atom. The lowest BCUT2D eigenvalue weighted by Gasteiger charge is -2.13. The highest BCUT2D eigenvalue weighted by atomic mass is 19.4. The van der Waals surface area contributed by atoms with Crippen molar-refractivity contribution in [2.75, 3.05) is 0 Å². The average molecular weight is 318 g/mol. The van der Waals surface area contributed by atoms with Crippen LogP contribution in [0.25, 0.3) is 5.70 Å². The number of alkyl halides is 3. The number of hydrogen-bond acceptors (Lipinski definition) is 2. The first-order chi connectivity index (χ1) is 10.9. The smallest absolute Gasteiger partial charge is 0.398 e. The van der Waals surface area contributed by atoms with Gasteiger partial charge < -0.3 is 5.73 Å². The van der Waals surface area contributed by atoms with Crippen molar-refractivity contribution in [3.05, 3.63) is 77.4 Å². The zero-order valence-electron chi connectivity index (χ0n) is 11.9. The van der Waals surface area contributed by atoms with Crippen LogP contribution in [0.3, 0.4) is 0 Å². The third kappa shape index (κ3) is 4.06. The van der Waals surface area contributed by atoms with Crippen molar-refractivity contribution in [1.82, 2.24) is 0 Å². The van der Waals surface area contributed by atoms with E-state index in [1.165, 1.54) is 24.3 Å². The van der Waals surface area contributed by atoms with Crippen LogP contribution < -0.4 is 5.73 Å². The van der Waals surface area contributed by atoms with Gasteiger partial charge in [-0.1, -0.05) is 48.5 Å². The zero-order chi connectivity index (χ0) is 16.9. The molecule has 0 saturated carbocycles. The summed E-state index contributed by atoms with van der Waals surface area (Å²) in [5.74, 6) is 0. The second-order valence-electron chi connectivity index (χ2n) is 4.63. The first-order valence-corrected chi connectivity index (χ1v) is 6.64. The van der Waals surface area contributed by atoms with Gasteiger partial charge in [-0.15, -0.1) is 0 Å². The van der Waals surface area contributed by atoms with Crippen molar-refractivity contribution in [3.8, 4) is 0 Å². The average Bonchev–Trinajstić information content (AvgIpc) is 2.54. The monoisotopic (exact) mass is 318 g/mol. The zero-order valence-corrected chi connectivity index (χ0v) is 11.9. The normalized spacial score (nSPS) is 13.0. The number of nitrogens with zero attached hydrogens (tertiary/aromatic N) is 1. The number of halogens is 3. The van der Waals surface area contributed by atoms with Crippen LogP contribution in [0.15, 0.2) is 65.7 Å². The lowest BCUT2D eigenvalue weighted by atomic mass is 10.0. The number of amides is 1. The van der Waals surface area contributed by atoms with Gasteiger partial charge in [0.05, 0.1) is 11.3 Å². The van der Waals surface area contributed by atoms with Crippen LogP contribution in [0.2, 0.25) is 0 Å². The van der Waals surface area contributed by atoms with Gasteiger partial charge in [0.2, 0.25) is 6.41 Å². The van der Waals surface area contributed by atoms with Gasteiger partial charge >= 0.3 is 6.18 Å². The van der Waals surface area contributed by atoms with Crippen molar-refractivity contribution in [3.63, 3.8) is 0 Å². The van der Waals surface area contributed by atoms with Crippen molar-refractivity contribution in [1.29, 1.82) is 0 Å². The van der Waals surface area contributed by atoms with E-state index in [-0.39, 0.29) is 17.0 Å². The SMILES string of the molecule is NC(=CC(=NC=O)c1ccccc1)c1ccccc1C(F)(F)F. The van der Waals surface area contributed by atoms with Gasteiger partial charge in [0.1, 0.15) is 0 Å². The van der Waals surface area contributed by atoms with Gasteiger partial charge in [0.15, 0.2) is 0 Å². The van der Waals surface area contributed by atoms with Crippen LogP contribution in [-0.2, 0) is 11.0 Å². The Morgan fingerprint density at radius 2 is 1.61 bits per heavy atom. The third-order valence-electron chi connectivity index (χ3n) is 3.10. The molecule has 0 aromatic heterocycles. The number of carbonyl (C=O) groups is 1. The summed E-state index contributed by atoms with van der Waals surface area (Å²) < 4.78 is 39.1. The Kier molecular flexibility index (Phi) is 4.95. The summed E-state index contributed by atoms with van der Waals surface area (Å²) >= 11 is 0. The molecule has 0 bridgehead atoms. The molecule has 2 aromatic carbocycles. The molecule has 0 spiro atoms. The summed E-state index contributed by atoms with van der Waals surface area (Å²) in [6.45, 7) is 0. The van der Waals surface area contributed by atoms with E-state index in [1.54, 1.807) is 30.3 Å². The Balaban J connectivity index is 2.50. The minimum atomic E-state index is -4.52.